The third kappa shape index (κ3) is 3.99. The van der Waals surface area contributed by atoms with Gasteiger partial charge in [0.2, 0.25) is 0 Å². The summed E-state index contributed by atoms with van der Waals surface area (Å²) in [5.41, 5.74) is 1.65. The summed E-state index contributed by atoms with van der Waals surface area (Å²) in [4.78, 5) is 37.8. The second kappa shape index (κ2) is 8.56. The highest BCUT2D eigenvalue weighted by Crippen LogP contribution is 2.30. The van der Waals surface area contributed by atoms with Gasteiger partial charge in [-0.3, -0.25) is 9.59 Å². The molecule has 0 amide bonds. The topological polar surface area (TPSA) is 69.7 Å². The second-order valence-electron chi connectivity index (χ2n) is 7.68. The smallest absolute Gasteiger partial charge is 0.341 e. The molecule has 1 unspecified atom stereocenters. The van der Waals surface area contributed by atoms with Crippen molar-refractivity contribution < 1.29 is 23.9 Å². The van der Waals surface area contributed by atoms with Gasteiger partial charge in [0.25, 0.3) is 0 Å². The van der Waals surface area contributed by atoms with E-state index in [4.69, 9.17) is 9.47 Å². The van der Waals surface area contributed by atoms with Crippen LogP contribution >= 0.6 is 0 Å². The molecule has 0 heterocycles. The Morgan fingerprint density at radius 2 is 1.65 bits per heavy atom. The Labute approximate surface area is 180 Å². The van der Waals surface area contributed by atoms with Crippen molar-refractivity contribution in [3.05, 3.63) is 89.0 Å². The van der Waals surface area contributed by atoms with Gasteiger partial charge in [0.15, 0.2) is 11.6 Å². The first-order valence-electron chi connectivity index (χ1n) is 10.1. The molecule has 5 nitrogen and oxygen atoms in total. The Bertz CT molecular complexity index is 1220. The van der Waals surface area contributed by atoms with Crippen molar-refractivity contribution >= 4 is 28.3 Å². The van der Waals surface area contributed by atoms with E-state index in [0.29, 0.717) is 34.4 Å². The zero-order chi connectivity index (χ0) is 22.0. The molecule has 5 heteroatoms. The minimum Gasteiger partial charge on any atom is -0.495 e. The van der Waals surface area contributed by atoms with Gasteiger partial charge in [0.1, 0.15) is 11.3 Å². The maximum atomic E-state index is 12.7. The van der Waals surface area contributed by atoms with Gasteiger partial charge >= 0.3 is 5.97 Å². The number of hydrogen-bond acceptors (Lipinski definition) is 5. The lowest BCUT2D eigenvalue weighted by Crippen LogP contribution is -2.20. The fraction of sp³-hybridized carbons (Fsp3) is 0.192. The van der Waals surface area contributed by atoms with Gasteiger partial charge in [0, 0.05) is 22.1 Å². The van der Waals surface area contributed by atoms with Crippen LogP contribution in [0.25, 0.3) is 10.8 Å². The number of Topliss-reactive ketones (excluding diaryl/α,β-unsaturated/α-hetero) is 1. The molecule has 0 N–H and O–H groups in total. The lowest BCUT2D eigenvalue weighted by Gasteiger charge is -2.18. The van der Waals surface area contributed by atoms with E-state index >= 15 is 0 Å². The van der Waals surface area contributed by atoms with Crippen molar-refractivity contribution in [3.63, 3.8) is 0 Å². The van der Waals surface area contributed by atoms with Gasteiger partial charge in [0.05, 0.1) is 13.7 Å². The summed E-state index contributed by atoms with van der Waals surface area (Å²) >= 11 is 0. The second-order valence-corrected chi connectivity index (χ2v) is 7.68. The van der Waals surface area contributed by atoms with Crippen molar-refractivity contribution in [3.8, 4) is 5.75 Å². The first-order valence-corrected chi connectivity index (χ1v) is 10.1. The Kier molecular flexibility index (Phi) is 5.67. The summed E-state index contributed by atoms with van der Waals surface area (Å²) in [7, 11) is 1.52. The minimum absolute atomic E-state index is 0.120. The molecule has 1 aliphatic rings. The molecule has 0 fully saturated rings. The third-order valence-electron chi connectivity index (χ3n) is 5.41. The largest absolute Gasteiger partial charge is 0.495 e. The fourth-order valence-electron chi connectivity index (χ4n) is 3.88. The van der Waals surface area contributed by atoms with Crippen molar-refractivity contribution in [2.75, 3.05) is 13.7 Å². The molecule has 0 spiro atoms. The van der Waals surface area contributed by atoms with E-state index in [2.05, 4.69) is 0 Å². The molecule has 0 saturated carbocycles. The van der Waals surface area contributed by atoms with E-state index in [1.165, 1.54) is 13.2 Å². The molecule has 1 atom stereocenters. The summed E-state index contributed by atoms with van der Waals surface area (Å²) in [6, 6.07) is 18.0. The number of methoxy groups -OCH3 is 1. The third-order valence-corrected chi connectivity index (χ3v) is 5.41. The lowest BCUT2D eigenvalue weighted by atomic mass is 9.86. The van der Waals surface area contributed by atoms with E-state index in [-0.39, 0.29) is 24.1 Å². The fourth-order valence-corrected chi connectivity index (χ4v) is 3.88. The maximum absolute atomic E-state index is 12.7. The van der Waals surface area contributed by atoms with Gasteiger partial charge in [-0.15, -0.1) is 0 Å². The monoisotopic (exact) mass is 414 g/mol. The number of benzene rings is 3. The van der Waals surface area contributed by atoms with Crippen LogP contribution in [0.5, 0.6) is 5.75 Å². The molecule has 1 aliphatic carbocycles. The van der Waals surface area contributed by atoms with Crippen LogP contribution in [0, 0.1) is 5.92 Å². The summed E-state index contributed by atoms with van der Waals surface area (Å²) in [5.74, 6) is -0.466. The van der Waals surface area contributed by atoms with Crippen LogP contribution in [-0.2, 0) is 4.74 Å². The van der Waals surface area contributed by atoms with Gasteiger partial charge in [-0.05, 0) is 29.9 Å². The summed E-state index contributed by atoms with van der Waals surface area (Å²) in [5, 5.41) is 1.81. The molecule has 0 saturated heterocycles. The van der Waals surface area contributed by atoms with Crippen LogP contribution in [0.3, 0.4) is 0 Å². The molecule has 3 aromatic carbocycles. The summed E-state index contributed by atoms with van der Waals surface area (Å²) in [6.45, 7) is 2.00. The van der Waals surface area contributed by atoms with Crippen LogP contribution in [0.2, 0.25) is 0 Å². The standard InChI is InChI=1S/C26H22O5/c1-16(13-18-14-23(27)20-9-5-6-10-21(20)24(18)28)15-31-26(29)22-12-11-17-7-3-4-8-19(17)25(22)30-2/h3-12,14,16H,13,15H2,1-2H3. The molecule has 3 aromatic rings. The lowest BCUT2D eigenvalue weighted by molar-refractivity contribution is 0.0445. The zero-order valence-corrected chi connectivity index (χ0v) is 17.4. The number of rotatable bonds is 6. The SMILES string of the molecule is COc1c(C(=O)OCC(C)CC2=CC(=O)c3ccccc3C2=O)ccc2ccccc12. The predicted molar refractivity (Wildman–Crippen MR) is 118 cm³/mol. The van der Waals surface area contributed by atoms with Crippen LogP contribution in [-0.4, -0.2) is 31.3 Å². The van der Waals surface area contributed by atoms with Gasteiger partial charge in [-0.1, -0.05) is 61.5 Å². The minimum atomic E-state index is -0.486. The Hall–Kier alpha value is -3.73. The molecular weight excluding hydrogens is 392 g/mol. The Balaban J connectivity index is 1.44. The highest BCUT2D eigenvalue weighted by Gasteiger charge is 2.26. The van der Waals surface area contributed by atoms with E-state index in [0.717, 1.165) is 10.8 Å². The number of ether oxygens (including phenoxy) is 2. The highest BCUT2D eigenvalue weighted by atomic mass is 16.5. The number of carbonyl (C=O) groups is 3. The van der Waals surface area contributed by atoms with Crippen LogP contribution in [0.15, 0.2) is 72.3 Å². The van der Waals surface area contributed by atoms with Crippen molar-refractivity contribution in [2.45, 2.75) is 13.3 Å². The summed E-state index contributed by atoms with van der Waals surface area (Å²) < 4.78 is 11.0. The normalized spacial score (nSPS) is 14.1. The van der Waals surface area contributed by atoms with Crippen molar-refractivity contribution in [1.29, 1.82) is 0 Å². The molecule has 4 rings (SSSR count). The molecule has 0 aromatic heterocycles. The molecule has 0 bridgehead atoms. The average molecular weight is 414 g/mol. The number of fused-ring (bicyclic) bond motifs is 2. The number of allylic oxidation sites excluding steroid dienone is 2. The van der Waals surface area contributed by atoms with Gasteiger partial charge in [-0.2, -0.15) is 0 Å². The van der Waals surface area contributed by atoms with Gasteiger partial charge < -0.3 is 9.47 Å². The highest BCUT2D eigenvalue weighted by molar-refractivity contribution is 6.24. The molecule has 0 aliphatic heterocycles. The zero-order valence-electron chi connectivity index (χ0n) is 17.4. The van der Waals surface area contributed by atoms with Crippen molar-refractivity contribution in [2.24, 2.45) is 5.92 Å². The molecule has 156 valence electrons. The van der Waals surface area contributed by atoms with E-state index in [1.807, 2.05) is 37.3 Å². The maximum Gasteiger partial charge on any atom is 0.341 e. The number of esters is 1. The van der Waals surface area contributed by atoms with E-state index in [9.17, 15) is 14.4 Å². The molecule has 0 radical (unpaired) electrons. The number of hydrogen-bond donors (Lipinski definition) is 0. The molecular formula is C26H22O5. The first kappa shape index (κ1) is 20.5. The number of carbonyl (C=O) groups excluding carboxylic acids is 3. The quantitative estimate of drug-likeness (QED) is 0.529. The predicted octanol–water partition coefficient (Wildman–Crippen LogP) is 5.04. The Morgan fingerprint density at radius 1 is 0.935 bits per heavy atom. The average Bonchev–Trinajstić information content (AvgIpc) is 2.80. The van der Waals surface area contributed by atoms with Crippen LogP contribution in [0.4, 0.5) is 0 Å². The molecule has 31 heavy (non-hydrogen) atoms. The van der Waals surface area contributed by atoms with Crippen LogP contribution in [0.1, 0.15) is 44.4 Å². The first-order chi connectivity index (χ1) is 15.0. The van der Waals surface area contributed by atoms with E-state index < -0.39 is 5.97 Å². The van der Waals surface area contributed by atoms with E-state index in [1.54, 1.807) is 30.3 Å². The number of ketones is 2. The van der Waals surface area contributed by atoms with Crippen molar-refractivity contribution in [1.82, 2.24) is 0 Å². The Morgan fingerprint density at radius 3 is 2.42 bits per heavy atom. The van der Waals surface area contributed by atoms with Gasteiger partial charge in [-0.25, -0.2) is 4.79 Å². The van der Waals surface area contributed by atoms with Crippen LogP contribution < -0.4 is 4.74 Å². The summed E-state index contributed by atoms with van der Waals surface area (Å²) in [6.07, 6.45) is 1.75.